The number of likely N-dealkylation sites (tertiary alicyclic amines) is 1. The average molecular weight is 383 g/mol. The molecule has 1 amide bonds. The Bertz CT molecular complexity index is 1050. The van der Waals surface area contributed by atoms with Gasteiger partial charge in [0.1, 0.15) is 0 Å². The van der Waals surface area contributed by atoms with Gasteiger partial charge in [0, 0.05) is 18.7 Å². The zero-order valence-corrected chi connectivity index (χ0v) is 16.7. The second-order valence-corrected chi connectivity index (χ2v) is 8.12. The second-order valence-electron chi connectivity index (χ2n) is 8.12. The van der Waals surface area contributed by atoms with E-state index in [1.165, 1.54) is 22.3 Å². The molecule has 3 aromatic carbocycles. The summed E-state index contributed by atoms with van der Waals surface area (Å²) in [5, 5.41) is 0. The second kappa shape index (κ2) is 7.16. The van der Waals surface area contributed by atoms with Crippen molar-refractivity contribution in [1.29, 1.82) is 0 Å². The monoisotopic (exact) mass is 383 g/mol. The molecule has 1 saturated heterocycles. The van der Waals surface area contributed by atoms with Crippen molar-refractivity contribution in [2.24, 2.45) is 0 Å². The van der Waals surface area contributed by atoms with E-state index < -0.39 is 0 Å². The van der Waals surface area contributed by atoms with Crippen LogP contribution in [0.3, 0.4) is 0 Å². The number of benzene rings is 3. The molecule has 3 nitrogen and oxygen atoms in total. The summed E-state index contributed by atoms with van der Waals surface area (Å²) in [6.45, 7) is 4.26. The Morgan fingerprint density at radius 3 is 2.34 bits per heavy atom. The Balaban J connectivity index is 1.30. The summed E-state index contributed by atoms with van der Waals surface area (Å²) in [5.74, 6) is 0.113. The molecule has 3 aromatic rings. The van der Waals surface area contributed by atoms with Gasteiger partial charge in [-0.1, -0.05) is 60.7 Å². The van der Waals surface area contributed by atoms with Gasteiger partial charge in [-0.3, -0.25) is 4.79 Å². The van der Waals surface area contributed by atoms with Crippen LogP contribution in [-0.2, 0) is 16.9 Å². The molecular weight excluding hydrogens is 358 g/mol. The van der Waals surface area contributed by atoms with E-state index in [-0.39, 0.29) is 11.5 Å². The first-order valence-electron chi connectivity index (χ1n) is 10.3. The molecule has 146 valence electrons. The van der Waals surface area contributed by atoms with Gasteiger partial charge in [-0.2, -0.15) is 0 Å². The summed E-state index contributed by atoms with van der Waals surface area (Å²) in [5.41, 5.74) is 6.75. The number of carbonyl (C=O) groups excluding carboxylic acids is 1. The van der Waals surface area contributed by atoms with Crippen LogP contribution in [0, 0.1) is 6.92 Å². The average Bonchev–Trinajstić information content (AvgIpc) is 3.13. The predicted octanol–water partition coefficient (Wildman–Crippen LogP) is 5.32. The number of ether oxygens (including phenoxy) is 1. The van der Waals surface area contributed by atoms with E-state index in [2.05, 4.69) is 55.5 Å². The molecule has 0 unspecified atom stereocenters. The molecule has 0 aliphatic carbocycles. The van der Waals surface area contributed by atoms with Crippen LogP contribution in [0.2, 0.25) is 0 Å². The van der Waals surface area contributed by atoms with Gasteiger partial charge >= 0.3 is 0 Å². The highest BCUT2D eigenvalue weighted by Gasteiger charge is 2.43. The Kier molecular flexibility index (Phi) is 4.48. The lowest BCUT2D eigenvalue weighted by atomic mass is 9.83. The highest BCUT2D eigenvalue weighted by atomic mass is 16.5. The van der Waals surface area contributed by atoms with Gasteiger partial charge < -0.3 is 9.64 Å². The van der Waals surface area contributed by atoms with Crippen LogP contribution in [0.4, 0.5) is 0 Å². The number of hydrogen-bond acceptors (Lipinski definition) is 2. The van der Waals surface area contributed by atoms with Crippen molar-refractivity contribution >= 4 is 5.91 Å². The Hall–Kier alpha value is -2.91. The van der Waals surface area contributed by atoms with E-state index in [0.717, 1.165) is 37.1 Å². The molecule has 29 heavy (non-hydrogen) atoms. The number of amides is 1. The molecule has 0 atom stereocenters. The van der Waals surface area contributed by atoms with Gasteiger partial charge in [-0.05, 0) is 59.7 Å². The van der Waals surface area contributed by atoms with Crippen molar-refractivity contribution in [2.45, 2.75) is 32.0 Å². The van der Waals surface area contributed by atoms with Gasteiger partial charge in [-0.15, -0.1) is 0 Å². The van der Waals surface area contributed by atoms with Crippen LogP contribution in [0.25, 0.3) is 11.1 Å². The summed E-state index contributed by atoms with van der Waals surface area (Å²) in [7, 11) is 0. The maximum absolute atomic E-state index is 13.0. The summed E-state index contributed by atoms with van der Waals surface area (Å²) in [6, 6.07) is 24.8. The lowest BCUT2D eigenvalue weighted by Crippen LogP contribution is -2.45. The predicted molar refractivity (Wildman–Crippen MR) is 115 cm³/mol. The fourth-order valence-electron chi connectivity index (χ4n) is 4.74. The third-order valence-corrected chi connectivity index (χ3v) is 6.46. The van der Waals surface area contributed by atoms with Crippen LogP contribution in [0.1, 0.15) is 39.9 Å². The third kappa shape index (κ3) is 3.16. The number of nitrogens with zero attached hydrogens (tertiary/aromatic N) is 1. The first-order chi connectivity index (χ1) is 14.2. The summed E-state index contributed by atoms with van der Waals surface area (Å²) in [6.07, 6.45) is 1.72. The minimum atomic E-state index is -0.206. The number of aryl methyl sites for hydroxylation is 1. The molecule has 2 aliphatic heterocycles. The van der Waals surface area contributed by atoms with Crippen LogP contribution >= 0.6 is 0 Å². The molecule has 1 fully saturated rings. The van der Waals surface area contributed by atoms with Crippen molar-refractivity contribution in [3.8, 4) is 11.1 Å². The van der Waals surface area contributed by atoms with E-state index in [1.54, 1.807) is 0 Å². The van der Waals surface area contributed by atoms with Crippen LogP contribution in [0.15, 0.2) is 72.8 Å². The normalized spacial score (nSPS) is 17.3. The summed E-state index contributed by atoms with van der Waals surface area (Å²) >= 11 is 0. The lowest BCUT2D eigenvalue weighted by Gasteiger charge is -2.39. The molecule has 2 heterocycles. The van der Waals surface area contributed by atoms with Gasteiger partial charge in [-0.25, -0.2) is 0 Å². The van der Waals surface area contributed by atoms with Crippen molar-refractivity contribution in [3.63, 3.8) is 0 Å². The first-order valence-corrected chi connectivity index (χ1v) is 10.3. The highest BCUT2D eigenvalue weighted by Crippen LogP contribution is 2.44. The Morgan fingerprint density at radius 2 is 1.59 bits per heavy atom. The molecular formula is C26H25NO2. The van der Waals surface area contributed by atoms with Crippen LogP contribution in [-0.4, -0.2) is 23.9 Å². The third-order valence-electron chi connectivity index (χ3n) is 6.46. The Morgan fingerprint density at radius 1 is 0.897 bits per heavy atom. The van der Waals surface area contributed by atoms with Gasteiger partial charge in [0.25, 0.3) is 5.91 Å². The van der Waals surface area contributed by atoms with E-state index in [1.807, 2.05) is 29.2 Å². The van der Waals surface area contributed by atoms with E-state index >= 15 is 0 Å². The van der Waals surface area contributed by atoms with E-state index in [9.17, 15) is 4.79 Å². The maximum atomic E-state index is 13.0. The number of carbonyl (C=O) groups is 1. The van der Waals surface area contributed by atoms with Crippen molar-refractivity contribution in [1.82, 2.24) is 4.90 Å². The number of rotatable bonds is 2. The quantitative estimate of drug-likeness (QED) is 0.599. The minimum Gasteiger partial charge on any atom is -0.365 e. The molecule has 0 N–H and O–H groups in total. The van der Waals surface area contributed by atoms with Crippen LogP contribution < -0.4 is 0 Å². The standard InChI is InChI=1S/C26H25NO2/c1-19-6-2-4-8-23(19)20-10-12-21(13-11-20)25(28)27-16-14-26(15-17-27)24-9-5-3-7-22(24)18-29-26/h2-13H,14-18H2,1H3. The zero-order valence-electron chi connectivity index (χ0n) is 16.7. The fraction of sp³-hybridized carbons (Fsp3) is 0.269. The first kappa shape index (κ1) is 18.1. The minimum absolute atomic E-state index is 0.113. The summed E-state index contributed by atoms with van der Waals surface area (Å²) in [4.78, 5) is 15.0. The van der Waals surface area contributed by atoms with Crippen molar-refractivity contribution in [3.05, 3.63) is 95.1 Å². The van der Waals surface area contributed by atoms with Crippen molar-refractivity contribution < 1.29 is 9.53 Å². The topological polar surface area (TPSA) is 29.5 Å². The SMILES string of the molecule is Cc1ccccc1-c1ccc(C(=O)N2CCC3(CC2)OCc2ccccc23)cc1. The number of piperidine rings is 1. The molecule has 0 radical (unpaired) electrons. The molecule has 3 heteroatoms. The van der Waals surface area contributed by atoms with Crippen molar-refractivity contribution in [2.75, 3.05) is 13.1 Å². The van der Waals surface area contributed by atoms with Crippen LogP contribution in [0.5, 0.6) is 0 Å². The van der Waals surface area contributed by atoms with E-state index in [4.69, 9.17) is 4.74 Å². The van der Waals surface area contributed by atoms with Gasteiger partial charge in [0.05, 0.1) is 12.2 Å². The molecule has 5 rings (SSSR count). The molecule has 0 bridgehead atoms. The van der Waals surface area contributed by atoms with Gasteiger partial charge in [0.15, 0.2) is 0 Å². The lowest BCUT2D eigenvalue weighted by molar-refractivity contribution is -0.0741. The fourth-order valence-corrected chi connectivity index (χ4v) is 4.74. The molecule has 1 spiro atoms. The molecule has 2 aliphatic rings. The highest BCUT2D eigenvalue weighted by molar-refractivity contribution is 5.94. The Labute approximate surface area is 171 Å². The maximum Gasteiger partial charge on any atom is 0.253 e. The summed E-state index contributed by atoms with van der Waals surface area (Å²) < 4.78 is 6.22. The smallest absolute Gasteiger partial charge is 0.253 e. The molecule has 0 aromatic heterocycles. The van der Waals surface area contributed by atoms with E-state index in [0.29, 0.717) is 6.61 Å². The molecule has 0 saturated carbocycles. The van der Waals surface area contributed by atoms with Gasteiger partial charge in [0.2, 0.25) is 0 Å². The number of fused-ring (bicyclic) bond motifs is 2. The number of hydrogen-bond donors (Lipinski definition) is 0. The zero-order chi connectivity index (χ0) is 19.8. The largest absolute Gasteiger partial charge is 0.365 e.